The fraction of sp³-hybridized carbons (Fsp3) is 0.385. The first kappa shape index (κ1) is 11.1. The summed E-state index contributed by atoms with van der Waals surface area (Å²) in [5.41, 5.74) is 0. The molecule has 17 heavy (non-hydrogen) atoms. The molecule has 4 heteroatoms. The van der Waals surface area contributed by atoms with Gasteiger partial charge in [-0.3, -0.25) is 4.90 Å². The molecule has 0 amide bonds. The van der Waals surface area contributed by atoms with E-state index in [1.807, 2.05) is 6.07 Å². The van der Waals surface area contributed by atoms with Gasteiger partial charge in [-0.05, 0) is 17.5 Å². The molecule has 0 radical (unpaired) electrons. The molecule has 1 fully saturated rings. The van der Waals surface area contributed by atoms with Crippen LogP contribution in [0.5, 0.6) is 0 Å². The minimum Gasteiger partial charge on any atom is -0.379 e. The van der Waals surface area contributed by atoms with Crippen LogP contribution in [-0.4, -0.2) is 31.2 Å². The summed E-state index contributed by atoms with van der Waals surface area (Å²) in [7, 11) is 0. The number of hydrogen-bond acceptors (Lipinski definition) is 3. The van der Waals surface area contributed by atoms with Gasteiger partial charge in [0, 0.05) is 24.5 Å². The summed E-state index contributed by atoms with van der Waals surface area (Å²) in [6.45, 7) is 4.45. The average molecular weight is 251 g/mol. The van der Waals surface area contributed by atoms with Crippen LogP contribution in [0.25, 0.3) is 10.1 Å². The van der Waals surface area contributed by atoms with Gasteiger partial charge in [-0.1, -0.05) is 12.1 Å². The Hall–Kier alpha value is -0.970. The van der Waals surface area contributed by atoms with Gasteiger partial charge in [0.05, 0.1) is 17.9 Å². The Bertz CT molecular complexity index is 519. The van der Waals surface area contributed by atoms with Crippen LogP contribution in [0.15, 0.2) is 24.3 Å². The van der Waals surface area contributed by atoms with Crippen LogP contribution >= 0.6 is 11.3 Å². The van der Waals surface area contributed by atoms with Crippen molar-refractivity contribution in [1.82, 2.24) is 4.90 Å². The minimum atomic E-state index is -0.110. The van der Waals surface area contributed by atoms with Gasteiger partial charge in [0.15, 0.2) is 0 Å². The molecule has 0 bridgehead atoms. The van der Waals surface area contributed by atoms with Crippen molar-refractivity contribution in [3.63, 3.8) is 0 Å². The molecule has 0 N–H and O–H groups in total. The highest BCUT2D eigenvalue weighted by Crippen LogP contribution is 2.28. The molecular formula is C13H14FNOS. The van der Waals surface area contributed by atoms with Crippen molar-refractivity contribution in [2.24, 2.45) is 0 Å². The highest BCUT2D eigenvalue weighted by Gasteiger charge is 2.13. The lowest BCUT2D eigenvalue weighted by Crippen LogP contribution is -2.35. The summed E-state index contributed by atoms with van der Waals surface area (Å²) in [5, 5.41) is 1.01. The predicted molar refractivity (Wildman–Crippen MR) is 67.9 cm³/mol. The van der Waals surface area contributed by atoms with Crippen molar-refractivity contribution in [2.45, 2.75) is 6.54 Å². The average Bonchev–Trinajstić information content (AvgIpc) is 2.74. The van der Waals surface area contributed by atoms with E-state index < -0.39 is 0 Å². The van der Waals surface area contributed by atoms with Gasteiger partial charge >= 0.3 is 0 Å². The first-order chi connectivity index (χ1) is 8.33. The summed E-state index contributed by atoms with van der Waals surface area (Å²) in [4.78, 5) is 3.58. The van der Waals surface area contributed by atoms with Gasteiger partial charge in [-0.25, -0.2) is 4.39 Å². The van der Waals surface area contributed by atoms with Crippen LogP contribution in [0.4, 0.5) is 4.39 Å². The van der Waals surface area contributed by atoms with Gasteiger partial charge in [0.25, 0.3) is 0 Å². The molecule has 0 aliphatic carbocycles. The van der Waals surface area contributed by atoms with Gasteiger partial charge < -0.3 is 4.74 Å². The van der Waals surface area contributed by atoms with Crippen LogP contribution in [-0.2, 0) is 11.3 Å². The molecule has 1 aliphatic heterocycles. The number of thiophene rings is 1. The normalized spacial score (nSPS) is 17.7. The number of fused-ring (bicyclic) bond motifs is 1. The van der Waals surface area contributed by atoms with Crippen molar-refractivity contribution >= 4 is 21.4 Å². The fourth-order valence-corrected chi connectivity index (χ4v) is 3.24. The SMILES string of the molecule is Fc1cccc2cc(CN3CCOCC3)sc12. The molecule has 1 aromatic heterocycles. The number of ether oxygens (including phenoxy) is 1. The highest BCUT2D eigenvalue weighted by molar-refractivity contribution is 7.19. The molecular weight excluding hydrogens is 237 g/mol. The Morgan fingerprint density at radius 2 is 2.12 bits per heavy atom. The smallest absolute Gasteiger partial charge is 0.140 e. The molecule has 2 nitrogen and oxygen atoms in total. The first-order valence-corrected chi connectivity index (χ1v) is 6.61. The summed E-state index contributed by atoms with van der Waals surface area (Å²) in [6, 6.07) is 7.36. The van der Waals surface area contributed by atoms with Crippen LogP contribution in [0, 0.1) is 5.82 Å². The maximum absolute atomic E-state index is 13.6. The standard InChI is InChI=1S/C13H14FNOS/c14-12-3-1-2-10-8-11(17-13(10)12)9-15-4-6-16-7-5-15/h1-3,8H,4-7,9H2. The highest BCUT2D eigenvalue weighted by atomic mass is 32.1. The maximum Gasteiger partial charge on any atom is 0.140 e. The van der Waals surface area contributed by atoms with Gasteiger partial charge in [-0.2, -0.15) is 0 Å². The molecule has 1 aliphatic rings. The van der Waals surface area contributed by atoms with E-state index in [0.717, 1.165) is 42.9 Å². The molecule has 0 unspecified atom stereocenters. The quantitative estimate of drug-likeness (QED) is 0.813. The van der Waals surface area contributed by atoms with E-state index >= 15 is 0 Å². The number of benzene rings is 1. The Morgan fingerprint density at radius 3 is 2.88 bits per heavy atom. The van der Waals surface area contributed by atoms with Crippen molar-refractivity contribution < 1.29 is 9.13 Å². The lowest BCUT2D eigenvalue weighted by molar-refractivity contribution is 0.0346. The lowest BCUT2D eigenvalue weighted by Gasteiger charge is -2.25. The second-order valence-electron chi connectivity index (χ2n) is 4.26. The Balaban J connectivity index is 1.83. The summed E-state index contributed by atoms with van der Waals surface area (Å²) >= 11 is 1.56. The first-order valence-electron chi connectivity index (χ1n) is 5.80. The maximum atomic E-state index is 13.6. The molecule has 0 spiro atoms. The van der Waals surface area contributed by atoms with Crippen molar-refractivity contribution in [1.29, 1.82) is 0 Å². The van der Waals surface area contributed by atoms with Crippen LogP contribution in [0.2, 0.25) is 0 Å². The summed E-state index contributed by atoms with van der Waals surface area (Å²) in [6.07, 6.45) is 0. The topological polar surface area (TPSA) is 12.5 Å². The van der Waals surface area contributed by atoms with Gasteiger partial charge in [-0.15, -0.1) is 11.3 Å². The van der Waals surface area contributed by atoms with Gasteiger partial charge in [0.1, 0.15) is 5.82 Å². The molecule has 90 valence electrons. The van der Waals surface area contributed by atoms with Crippen molar-refractivity contribution in [3.8, 4) is 0 Å². The third-order valence-corrected chi connectivity index (χ3v) is 4.17. The zero-order valence-corrected chi connectivity index (χ0v) is 10.3. The largest absolute Gasteiger partial charge is 0.379 e. The number of morpholine rings is 1. The minimum absolute atomic E-state index is 0.110. The third kappa shape index (κ3) is 2.34. The molecule has 2 heterocycles. The molecule has 3 rings (SSSR count). The summed E-state index contributed by atoms with van der Waals surface area (Å²) in [5.74, 6) is -0.110. The monoisotopic (exact) mass is 251 g/mol. The predicted octanol–water partition coefficient (Wildman–Crippen LogP) is 2.87. The van der Waals surface area contributed by atoms with Crippen LogP contribution in [0.3, 0.4) is 0 Å². The van der Waals surface area contributed by atoms with Crippen molar-refractivity contribution in [2.75, 3.05) is 26.3 Å². The number of hydrogen-bond donors (Lipinski definition) is 0. The van der Waals surface area contributed by atoms with E-state index in [4.69, 9.17) is 4.74 Å². The number of nitrogens with zero attached hydrogens (tertiary/aromatic N) is 1. The van der Waals surface area contributed by atoms with Crippen molar-refractivity contribution in [3.05, 3.63) is 35.0 Å². The number of rotatable bonds is 2. The Kier molecular flexibility index (Phi) is 3.09. The zero-order valence-electron chi connectivity index (χ0n) is 9.49. The molecule has 2 aromatic rings. The zero-order chi connectivity index (χ0) is 11.7. The fourth-order valence-electron chi connectivity index (χ4n) is 2.14. The van der Waals surface area contributed by atoms with Gasteiger partial charge in [0.2, 0.25) is 0 Å². The second kappa shape index (κ2) is 4.72. The molecule has 1 aromatic carbocycles. The molecule has 0 atom stereocenters. The Labute approximate surface area is 104 Å². The van der Waals surface area contributed by atoms with E-state index in [-0.39, 0.29) is 5.82 Å². The van der Waals surface area contributed by atoms with Crippen LogP contribution < -0.4 is 0 Å². The molecule has 1 saturated heterocycles. The van der Waals surface area contributed by atoms with E-state index in [2.05, 4.69) is 11.0 Å². The summed E-state index contributed by atoms with van der Waals surface area (Å²) < 4.78 is 19.6. The lowest BCUT2D eigenvalue weighted by atomic mass is 10.2. The van der Waals surface area contributed by atoms with E-state index in [0.29, 0.717) is 0 Å². The Morgan fingerprint density at radius 1 is 1.29 bits per heavy atom. The van der Waals surface area contributed by atoms with Crippen LogP contribution in [0.1, 0.15) is 4.88 Å². The van der Waals surface area contributed by atoms with E-state index in [9.17, 15) is 4.39 Å². The second-order valence-corrected chi connectivity index (χ2v) is 5.40. The van der Waals surface area contributed by atoms with E-state index in [1.54, 1.807) is 17.4 Å². The number of halogens is 1. The molecule has 0 saturated carbocycles. The van der Waals surface area contributed by atoms with E-state index in [1.165, 1.54) is 10.9 Å². The third-order valence-electron chi connectivity index (χ3n) is 3.03.